The number of hydrogen-bond donors (Lipinski definition) is 3. The summed E-state index contributed by atoms with van der Waals surface area (Å²) in [4.78, 5) is 19.3. The van der Waals surface area contributed by atoms with Crippen molar-refractivity contribution in [3.8, 4) is 0 Å². The van der Waals surface area contributed by atoms with Crippen LogP contribution >= 0.6 is 0 Å². The van der Waals surface area contributed by atoms with Crippen molar-refractivity contribution < 1.29 is 22.4 Å². The zero-order valence-corrected chi connectivity index (χ0v) is 15.0. The van der Waals surface area contributed by atoms with Crippen LogP contribution in [0.25, 0.3) is 0 Å². The summed E-state index contributed by atoms with van der Waals surface area (Å²) >= 11 is 0. The van der Waals surface area contributed by atoms with E-state index in [-0.39, 0.29) is 12.3 Å². The minimum absolute atomic E-state index is 0.182. The summed E-state index contributed by atoms with van der Waals surface area (Å²) in [7, 11) is 0. The van der Waals surface area contributed by atoms with Crippen molar-refractivity contribution in [2.75, 3.05) is 0 Å². The van der Waals surface area contributed by atoms with Crippen LogP contribution in [0.3, 0.4) is 0 Å². The molecule has 1 atom stereocenters. The number of amides is 1. The Morgan fingerprint density at radius 1 is 1.32 bits per heavy atom. The average Bonchev–Trinajstić information content (AvgIpc) is 3.25. The third kappa shape index (κ3) is 4.05. The van der Waals surface area contributed by atoms with Crippen LogP contribution in [0.4, 0.5) is 17.6 Å². The number of halogens is 4. The summed E-state index contributed by atoms with van der Waals surface area (Å²) in [5.41, 5.74) is 0.677. The molecule has 1 aromatic carbocycles. The number of benzene rings is 1. The second kappa shape index (κ2) is 7.45. The first-order chi connectivity index (χ1) is 13.2. The molecule has 28 heavy (non-hydrogen) atoms. The smallest absolute Gasteiger partial charge is 0.357 e. The monoisotopic (exact) mass is 395 g/mol. The predicted octanol–water partition coefficient (Wildman–Crippen LogP) is 3.68. The number of rotatable bonds is 5. The summed E-state index contributed by atoms with van der Waals surface area (Å²) in [5, 5.41) is 9.21. The molecule has 0 fully saturated rings. The summed E-state index contributed by atoms with van der Waals surface area (Å²) < 4.78 is 51.8. The van der Waals surface area contributed by atoms with E-state index in [9.17, 15) is 22.4 Å². The first-order valence-electron chi connectivity index (χ1n) is 8.35. The molecular formula is C18H17F4N5O. The molecule has 0 saturated carbocycles. The molecule has 148 valence electrons. The van der Waals surface area contributed by atoms with Crippen LogP contribution in [-0.2, 0) is 12.6 Å². The maximum atomic E-state index is 13.8. The maximum absolute atomic E-state index is 13.8. The zero-order chi connectivity index (χ0) is 20.5. The van der Waals surface area contributed by atoms with Crippen molar-refractivity contribution in [3.05, 3.63) is 70.3 Å². The highest BCUT2D eigenvalue weighted by Gasteiger charge is 2.33. The van der Waals surface area contributed by atoms with Gasteiger partial charge >= 0.3 is 6.18 Å². The molecule has 2 aromatic heterocycles. The largest absolute Gasteiger partial charge is 0.419 e. The molecule has 2 heterocycles. The molecule has 0 aliphatic heterocycles. The molecule has 0 aliphatic carbocycles. The van der Waals surface area contributed by atoms with Crippen LogP contribution in [0.5, 0.6) is 0 Å². The van der Waals surface area contributed by atoms with E-state index in [1.165, 1.54) is 12.4 Å². The van der Waals surface area contributed by atoms with Gasteiger partial charge in [0.2, 0.25) is 0 Å². The van der Waals surface area contributed by atoms with E-state index in [1.54, 1.807) is 20.0 Å². The van der Waals surface area contributed by atoms with Gasteiger partial charge in [0, 0.05) is 6.20 Å². The summed E-state index contributed by atoms with van der Waals surface area (Å²) in [5.74, 6) is -1.27. The van der Waals surface area contributed by atoms with Gasteiger partial charge in [-0.25, -0.2) is 9.37 Å². The number of aromatic nitrogens is 4. The third-order valence-electron chi connectivity index (χ3n) is 4.38. The molecule has 0 bridgehead atoms. The number of aromatic amines is 2. The maximum Gasteiger partial charge on any atom is 0.419 e. The van der Waals surface area contributed by atoms with E-state index >= 15 is 0 Å². The minimum Gasteiger partial charge on any atom is -0.357 e. The Kier molecular flexibility index (Phi) is 5.21. The molecule has 6 nitrogen and oxygen atoms in total. The Morgan fingerprint density at radius 2 is 2.07 bits per heavy atom. The normalized spacial score (nSPS) is 12.8. The van der Waals surface area contributed by atoms with Crippen LogP contribution in [0.2, 0.25) is 0 Å². The van der Waals surface area contributed by atoms with Crippen LogP contribution in [0.1, 0.15) is 51.5 Å². The molecule has 0 spiro atoms. The van der Waals surface area contributed by atoms with Crippen LogP contribution in [0, 0.1) is 12.7 Å². The number of carbonyl (C=O) groups excluding carboxylic acids is 1. The van der Waals surface area contributed by atoms with Gasteiger partial charge in [-0.1, -0.05) is 6.07 Å². The highest BCUT2D eigenvalue weighted by molar-refractivity contribution is 5.94. The lowest BCUT2D eigenvalue weighted by molar-refractivity contribution is -0.140. The molecular weight excluding hydrogens is 378 g/mol. The van der Waals surface area contributed by atoms with Gasteiger partial charge in [0.05, 0.1) is 11.6 Å². The second-order valence-electron chi connectivity index (χ2n) is 6.36. The quantitative estimate of drug-likeness (QED) is 0.576. The van der Waals surface area contributed by atoms with Gasteiger partial charge < -0.3 is 10.3 Å². The predicted molar refractivity (Wildman–Crippen MR) is 92.0 cm³/mol. The van der Waals surface area contributed by atoms with E-state index in [4.69, 9.17) is 0 Å². The summed E-state index contributed by atoms with van der Waals surface area (Å²) in [6.45, 7) is 3.43. The minimum atomic E-state index is -4.74. The fourth-order valence-corrected chi connectivity index (χ4v) is 2.84. The topological polar surface area (TPSA) is 86.5 Å². The van der Waals surface area contributed by atoms with Gasteiger partial charge in [-0.3, -0.25) is 9.89 Å². The van der Waals surface area contributed by atoms with Gasteiger partial charge in [0.15, 0.2) is 5.82 Å². The highest BCUT2D eigenvalue weighted by Crippen LogP contribution is 2.32. The number of hydrogen-bond acceptors (Lipinski definition) is 3. The molecule has 0 aliphatic rings. The van der Waals surface area contributed by atoms with Crippen molar-refractivity contribution in [1.82, 2.24) is 25.5 Å². The highest BCUT2D eigenvalue weighted by atomic mass is 19.4. The standard InChI is InChI=1S/C18H17F4N5O/c1-9-12(5-11-3-4-13(14(19)6-11)18(20,21)22)7-23-15(9)17(28)26-10(2)16-24-8-25-27-16/h3-4,6-8,10,23H,5H2,1-2H3,(H,26,28)(H,24,25,27). The van der Waals surface area contributed by atoms with Gasteiger partial charge in [-0.15, -0.1) is 0 Å². The third-order valence-corrected chi connectivity index (χ3v) is 4.38. The average molecular weight is 395 g/mol. The molecule has 1 amide bonds. The van der Waals surface area contributed by atoms with Gasteiger partial charge in [0.1, 0.15) is 17.8 Å². The number of nitrogens with one attached hydrogen (secondary N) is 3. The summed E-state index contributed by atoms with van der Waals surface area (Å²) in [6.07, 6.45) is -1.57. The SMILES string of the molecule is Cc1c(Cc2ccc(C(F)(F)F)c(F)c2)c[nH]c1C(=O)NC(C)c1nc[nH]n1. The Bertz CT molecular complexity index is 979. The van der Waals surface area contributed by atoms with Crippen LogP contribution in [0.15, 0.2) is 30.7 Å². The molecule has 10 heteroatoms. The van der Waals surface area contributed by atoms with Gasteiger partial charge in [-0.05, 0) is 49.1 Å². The lowest BCUT2D eigenvalue weighted by Gasteiger charge is -2.11. The second-order valence-corrected chi connectivity index (χ2v) is 6.36. The van der Waals surface area contributed by atoms with Crippen molar-refractivity contribution in [2.45, 2.75) is 32.5 Å². The molecule has 3 N–H and O–H groups in total. The van der Waals surface area contributed by atoms with E-state index in [0.717, 1.165) is 12.1 Å². The lowest BCUT2D eigenvalue weighted by Crippen LogP contribution is -2.28. The van der Waals surface area contributed by atoms with Crippen molar-refractivity contribution in [3.63, 3.8) is 0 Å². The van der Waals surface area contributed by atoms with E-state index in [0.29, 0.717) is 28.2 Å². The van der Waals surface area contributed by atoms with Crippen LogP contribution < -0.4 is 5.32 Å². The van der Waals surface area contributed by atoms with Crippen molar-refractivity contribution in [1.29, 1.82) is 0 Å². The lowest BCUT2D eigenvalue weighted by atomic mass is 10.0. The van der Waals surface area contributed by atoms with Crippen molar-refractivity contribution in [2.24, 2.45) is 0 Å². The van der Waals surface area contributed by atoms with E-state index in [2.05, 4.69) is 25.5 Å². The molecule has 0 radical (unpaired) electrons. The fraction of sp³-hybridized carbons (Fsp3) is 0.278. The zero-order valence-electron chi connectivity index (χ0n) is 15.0. The van der Waals surface area contributed by atoms with Gasteiger partial charge in [0.25, 0.3) is 5.91 Å². The molecule has 3 aromatic rings. The van der Waals surface area contributed by atoms with Crippen molar-refractivity contribution >= 4 is 5.91 Å². The Labute approximate surface area is 157 Å². The molecule has 1 unspecified atom stereocenters. The number of H-pyrrole nitrogens is 2. The Hall–Kier alpha value is -3.17. The fourth-order valence-electron chi connectivity index (χ4n) is 2.84. The first-order valence-corrected chi connectivity index (χ1v) is 8.35. The van der Waals surface area contributed by atoms with E-state index in [1.807, 2.05) is 0 Å². The molecule has 0 saturated heterocycles. The first kappa shape index (κ1) is 19.6. The molecule has 3 rings (SSSR count). The van der Waals surface area contributed by atoms with Gasteiger partial charge in [-0.2, -0.15) is 18.3 Å². The van der Waals surface area contributed by atoms with E-state index < -0.39 is 23.6 Å². The van der Waals surface area contributed by atoms with Crippen LogP contribution in [-0.4, -0.2) is 26.1 Å². The Balaban J connectivity index is 1.74. The number of nitrogens with zero attached hydrogens (tertiary/aromatic N) is 2. The number of alkyl halides is 3. The Morgan fingerprint density at radius 3 is 2.68 bits per heavy atom. The number of carbonyl (C=O) groups is 1. The summed E-state index contributed by atoms with van der Waals surface area (Å²) in [6, 6.07) is 2.39.